The molecule has 1 N–H and O–H groups in total. The molecule has 0 unspecified atom stereocenters. The molecular weight excluding hydrogens is 280 g/mol. The predicted octanol–water partition coefficient (Wildman–Crippen LogP) is 2.78. The minimum absolute atomic E-state index is 0.376. The number of carbonyl (C=O) groups is 2. The van der Waals surface area contributed by atoms with E-state index in [9.17, 15) is 14.7 Å². The second kappa shape index (κ2) is 4.70. The van der Waals surface area contributed by atoms with Crippen LogP contribution in [0.15, 0.2) is 24.3 Å². The largest absolute Gasteiger partial charge is 0.478 e. The number of hydrogen-bond donors (Lipinski definition) is 1. The highest BCUT2D eigenvalue weighted by atomic mass is 16.5. The third-order valence-corrected chi connectivity index (χ3v) is 4.59. The van der Waals surface area contributed by atoms with E-state index >= 15 is 0 Å². The Bertz CT molecular complexity index is 770. The van der Waals surface area contributed by atoms with Crippen LogP contribution in [0.25, 0.3) is 11.1 Å². The standard InChI is InChI=1S/C18H14O4/c19-9-22-15-7-12-3-1-10-5-14(18(20)21)6-11-2-4-13(8-15)17(12)16(10)11/h5-9H,1-4H2,(H,20,21). The summed E-state index contributed by atoms with van der Waals surface area (Å²) in [7, 11) is 0. The lowest BCUT2D eigenvalue weighted by atomic mass is 9.75. The summed E-state index contributed by atoms with van der Waals surface area (Å²) >= 11 is 0. The quantitative estimate of drug-likeness (QED) is 0.884. The van der Waals surface area contributed by atoms with Gasteiger partial charge in [-0.05, 0) is 83.3 Å². The molecule has 0 fully saturated rings. The van der Waals surface area contributed by atoms with E-state index in [1.807, 2.05) is 12.1 Å². The van der Waals surface area contributed by atoms with Gasteiger partial charge in [0.2, 0.25) is 0 Å². The molecule has 0 atom stereocenters. The Kier molecular flexibility index (Phi) is 2.79. The first-order valence-corrected chi connectivity index (χ1v) is 7.33. The molecule has 0 radical (unpaired) electrons. The van der Waals surface area contributed by atoms with Crippen LogP contribution in [0, 0.1) is 0 Å². The number of benzene rings is 2. The number of rotatable bonds is 3. The molecule has 4 rings (SSSR count). The zero-order valence-corrected chi connectivity index (χ0v) is 11.9. The van der Waals surface area contributed by atoms with Crippen LogP contribution in [-0.2, 0) is 30.5 Å². The highest BCUT2D eigenvalue weighted by molar-refractivity contribution is 5.91. The van der Waals surface area contributed by atoms with Gasteiger partial charge in [0, 0.05) is 0 Å². The third kappa shape index (κ3) is 1.84. The molecule has 0 aliphatic heterocycles. The second-order valence-electron chi connectivity index (χ2n) is 5.81. The highest BCUT2D eigenvalue weighted by Crippen LogP contribution is 2.44. The fourth-order valence-electron chi connectivity index (χ4n) is 3.72. The zero-order valence-electron chi connectivity index (χ0n) is 11.9. The summed E-state index contributed by atoms with van der Waals surface area (Å²) in [5.74, 6) is -0.275. The molecule has 2 aromatic carbocycles. The van der Waals surface area contributed by atoms with Crippen LogP contribution in [-0.4, -0.2) is 17.5 Å². The highest BCUT2D eigenvalue weighted by Gasteiger charge is 2.27. The van der Waals surface area contributed by atoms with Gasteiger partial charge in [0.25, 0.3) is 6.47 Å². The summed E-state index contributed by atoms with van der Waals surface area (Å²) in [6.45, 7) is 0.457. The van der Waals surface area contributed by atoms with Crippen molar-refractivity contribution in [3.63, 3.8) is 0 Å². The average Bonchev–Trinajstić information content (AvgIpc) is 2.52. The number of carbonyl (C=O) groups excluding carboxylic acids is 1. The van der Waals surface area contributed by atoms with Gasteiger partial charge in [0.05, 0.1) is 5.56 Å². The molecule has 2 aliphatic rings. The van der Waals surface area contributed by atoms with Crippen LogP contribution in [0.1, 0.15) is 32.6 Å². The summed E-state index contributed by atoms with van der Waals surface area (Å²) in [6, 6.07) is 7.46. The van der Waals surface area contributed by atoms with Crippen molar-refractivity contribution < 1.29 is 19.4 Å². The number of carboxylic acid groups (broad SMARTS) is 1. The van der Waals surface area contributed by atoms with E-state index in [4.69, 9.17) is 4.74 Å². The van der Waals surface area contributed by atoms with Gasteiger partial charge in [-0.1, -0.05) is 0 Å². The molecule has 4 heteroatoms. The van der Waals surface area contributed by atoms with Crippen molar-refractivity contribution in [3.8, 4) is 16.9 Å². The first kappa shape index (κ1) is 13.1. The predicted molar refractivity (Wildman–Crippen MR) is 80.3 cm³/mol. The van der Waals surface area contributed by atoms with Crippen molar-refractivity contribution in [1.29, 1.82) is 0 Å². The maximum atomic E-state index is 11.3. The average molecular weight is 294 g/mol. The van der Waals surface area contributed by atoms with Crippen molar-refractivity contribution in [2.24, 2.45) is 0 Å². The van der Waals surface area contributed by atoms with Gasteiger partial charge in [-0.3, -0.25) is 4.79 Å². The Labute approximate surface area is 127 Å². The molecule has 2 aromatic rings. The molecule has 0 saturated carbocycles. The molecule has 110 valence electrons. The zero-order chi connectivity index (χ0) is 15.3. The Hall–Kier alpha value is -2.62. The maximum absolute atomic E-state index is 11.3. The van der Waals surface area contributed by atoms with E-state index in [-0.39, 0.29) is 0 Å². The van der Waals surface area contributed by atoms with Gasteiger partial charge in [-0.25, -0.2) is 4.79 Å². The summed E-state index contributed by atoms with van der Waals surface area (Å²) in [5.41, 5.74) is 7.40. The number of aryl methyl sites for hydroxylation is 4. The van der Waals surface area contributed by atoms with Crippen LogP contribution < -0.4 is 4.74 Å². The van der Waals surface area contributed by atoms with Crippen molar-refractivity contribution in [1.82, 2.24) is 0 Å². The smallest absolute Gasteiger partial charge is 0.335 e. The minimum atomic E-state index is -0.870. The molecule has 2 aliphatic carbocycles. The summed E-state index contributed by atoms with van der Waals surface area (Å²) in [5, 5.41) is 9.26. The van der Waals surface area contributed by atoms with E-state index in [1.165, 1.54) is 22.3 Å². The lowest BCUT2D eigenvalue weighted by Gasteiger charge is -2.30. The van der Waals surface area contributed by atoms with Crippen molar-refractivity contribution in [3.05, 3.63) is 52.1 Å². The minimum Gasteiger partial charge on any atom is -0.478 e. The molecule has 0 bridgehead atoms. The SMILES string of the molecule is O=COc1cc2c3c(c1)CCc1cc(C(=O)O)cc(c1-3)CC2. The van der Waals surface area contributed by atoms with Gasteiger partial charge in [0.15, 0.2) is 0 Å². The second-order valence-corrected chi connectivity index (χ2v) is 5.81. The number of aromatic carboxylic acids is 1. The lowest BCUT2D eigenvalue weighted by Crippen LogP contribution is -2.16. The molecule has 0 saturated heterocycles. The topological polar surface area (TPSA) is 63.6 Å². The summed E-state index contributed by atoms with van der Waals surface area (Å²) in [6.07, 6.45) is 3.32. The van der Waals surface area contributed by atoms with Crippen LogP contribution in [0.5, 0.6) is 5.75 Å². The van der Waals surface area contributed by atoms with Crippen molar-refractivity contribution in [2.75, 3.05) is 0 Å². The van der Waals surface area contributed by atoms with Gasteiger partial charge in [-0.15, -0.1) is 0 Å². The van der Waals surface area contributed by atoms with E-state index in [1.54, 1.807) is 12.1 Å². The van der Waals surface area contributed by atoms with Crippen LogP contribution in [0.3, 0.4) is 0 Å². The normalized spacial score (nSPS) is 14.2. The van der Waals surface area contributed by atoms with E-state index in [0.29, 0.717) is 17.8 Å². The Balaban J connectivity index is 1.95. The lowest BCUT2D eigenvalue weighted by molar-refractivity contribution is -0.120. The number of carboxylic acids is 1. The summed E-state index contributed by atoms with van der Waals surface area (Å²) < 4.78 is 5.02. The van der Waals surface area contributed by atoms with E-state index in [2.05, 4.69) is 0 Å². The Morgan fingerprint density at radius 2 is 1.36 bits per heavy atom. The van der Waals surface area contributed by atoms with Crippen LogP contribution in [0.2, 0.25) is 0 Å². The van der Waals surface area contributed by atoms with Gasteiger partial charge in [0.1, 0.15) is 5.75 Å². The van der Waals surface area contributed by atoms with Crippen LogP contribution in [0.4, 0.5) is 0 Å². The molecule has 0 heterocycles. The third-order valence-electron chi connectivity index (χ3n) is 4.59. The van der Waals surface area contributed by atoms with Gasteiger partial charge in [-0.2, -0.15) is 0 Å². The molecule has 4 nitrogen and oxygen atoms in total. The first-order chi connectivity index (χ1) is 10.7. The van der Waals surface area contributed by atoms with Gasteiger partial charge < -0.3 is 9.84 Å². The fourth-order valence-corrected chi connectivity index (χ4v) is 3.72. The molecular formula is C18H14O4. The van der Waals surface area contributed by atoms with E-state index < -0.39 is 5.97 Å². The van der Waals surface area contributed by atoms with Crippen molar-refractivity contribution >= 4 is 12.4 Å². The van der Waals surface area contributed by atoms with Crippen LogP contribution >= 0.6 is 0 Å². The maximum Gasteiger partial charge on any atom is 0.335 e. The fraction of sp³-hybridized carbons (Fsp3) is 0.222. The Morgan fingerprint density at radius 1 is 0.909 bits per heavy atom. The molecule has 22 heavy (non-hydrogen) atoms. The Morgan fingerprint density at radius 3 is 1.77 bits per heavy atom. The first-order valence-electron chi connectivity index (χ1n) is 7.33. The molecule has 0 amide bonds. The van der Waals surface area contributed by atoms with Crippen molar-refractivity contribution in [2.45, 2.75) is 25.7 Å². The van der Waals surface area contributed by atoms with E-state index in [0.717, 1.165) is 36.8 Å². The molecule has 0 spiro atoms. The number of hydrogen-bond acceptors (Lipinski definition) is 3. The number of ether oxygens (including phenoxy) is 1. The summed E-state index contributed by atoms with van der Waals surface area (Å²) in [4.78, 5) is 21.9. The van der Waals surface area contributed by atoms with Gasteiger partial charge >= 0.3 is 5.97 Å². The molecule has 0 aromatic heterocycles. The monoisotopic (exact) mass is 294 g/mol.